The molecular weight excluding hydrogens is 286 g/mol. The van der Waals surface area contributed by atoms with E-state index in [9.17, 15) is 14.7 Å². The Labute approximate surface area is 126 Å². The normalized spacial score (nSPS) is 22.8. The molecule has 0 saturated heterocycles. The maximum absolute atomic E-state index is 11.9. The van der Waals surface area contributed by atoms with Crippen LogP contribution in [0.15, 0.2) is 48.8 Å². The number of carbonyl (C=O) groups excluding carboxylic acids is 1. The van der Waals surface area contributed by atoms with Gasteiger partial charge in [-0.3, -0.25) is 4.68 Å². The molecule has 2 N–H and O–H groups in total. The van der Waals surface area contributed by atoms with Gasteiger partial charge in [0.15, 0.2) is 5.54 Å². The highest BCUT2D eigenvalue weighted by Gasteiger charge is 2.64. The number of carbonyl (C=O) groups is 2. The molecule has 1 aromatic heterocycles. The van der Waals surface area contributed by atoms with E-state index < -0.39 is 23.6 Å². The van der Waals surface area contributed by atoms with Gasteiger partial charge in [0.2, 0.25) is 0 Å². The SMILES string of the molecule is O=C(NC1(C(=O)O)CC1n1cccn1)OCc1ccccc1. The molecule has 1 aliphatic carbocycles. The largest absolute Gasteiger partial charge is 0.479 e. The number of benzene rings is 1. The molecule has 2 aromatic rings. The van der Waals surface area contributed by atoms with Gasteiger partial charge in [-0.2, -0.15) is 5.10 Å². The van der Waals surface area contributed by atoms with E-state index in [0.717, 1.165) is 5.56 Å². The van der Waals surface area contributed by atoms with Gasteiger partial charge in [-0.25, -0.2) is 9.59 Å². The summed E-state index contributed by atoms with van der Waals surface area (Å²) < 4.78 is 6.61. The minimum Gasteiger partial charge on any atom is -0.479 e. The van der Waals surface area contributed by atoms with Crippen molar-refractivity contribution >= 4 is 12.1 Å². The molecule has 1 aliphatic rings. The van der Waals surface area contributed by atoms with Crippen molar-refractivity contribution in [2.75, 3.05) is 0 Å². The lowest BCUT2D eigenvalue weighted by Crippen LogP contribution is -2.45. The first-order valence-corrected chi connectivity index (χ1v) is 6.83. The third-order valence-electron chi connectivity index (χ3n) is 3.69. The number of nitrogens with one attached hydrogen (secondary N) is 1. The van der Waals surface area contributed by atoms with Gasteiger partial charge in [-0.05, 0) is 11.6 Å². The summed E-state index contributed by atoms with van der Waals surface area (Å²) in [7, 11) is 0. The van der Waals surface area contributed by atoms with Gasteiger partial charge in [0.1, 0.15) is 6.61 Å². The summed E-state index contributed by atoms with van der Waals surface area (Å²) in [5, 5.41) is 15.9. The molecule has 1 aromatic carbocycles. The van der Waals surface area contributed by atoms with Gasteiger partial charge >= 0.3 is 12.1 Å². The van der Waals surface area contributed by atoms with Crippen LogP contribution in [0.2, 0.25) is 0 Å². The number of amides is 1. The quantitative estimate of drug-likeness (QED) is 0.874. The van der Waals surface area contributed by atoms with Crippen LogP contribution in [0.1, 0.15) is 18.0 Å². The molecule has 0 spiro atoms. The Kier molecular flexibility index (Phi) is 3.54. The van der Waals surface area contributed by atoms with Crippen molar-refractivity contribution in [3.8, 4) is 0 Å². The summed E-state index contributed by atoms with van der Waals surface area (Å²) in [5.41, 5.74) is -0.513. The maximum atomic E-state index is 11.9. The first-order chi connectivity index (χ1) is 10.6. The third-order valence-corrected chi connectivity index (χ3v) is 3.69. The molecule has 22 heavy (non-hydrogen) atoms. The zero-order chi connectivity index (χ0) is 15.6. The van der Waals surface area contributed by atoms with Crippen LogP contribution in [0.25, 0.3) is 0 Å². The Hall–Kier alpha value is -2.83. The van der Waals surface area contributed by atoms with Crippen LogP contribution in [0.5, 0.6) is 0 Å². The Bertz CT molecular complexity index is 671. The molecule has 0 bridgehead atoms. The molecule has 1 saturated carbocycles. The van der Waals surface area contributed by atoms with Crippen molar-refractivity contribution in [2.45, 2.75) is 24.6 Å². The number of hydrogen-bond acceptors (Lipinski definition) is 4. The predicted molar refractivity (Wildman–Crippen MR) is 76.0 cm³/mol. The lowest BCUT2D eigenvalue weighted by molar-refractivity contribution is -0.141. The van der Waals surface area contributed by atoms with Gasteiger partial charge in [0.25, 0.3) is 0 Å². The number of carboxylic acid groups (broad SMARTS) is 1. The maximum Gasteiger partial charge on any atom is 0.408 e. The van der Waals surface area contributed by atoms with Crippen molar-refractivity contribution < 1.29 is 19.4 Å². The monoisotopic (exact) mass is 301 g/mol. The van der Waals surface area contributed by atoms with Gasteiger partial charge in [0.05, 0.1) is 6.04 Å². The summed E-state index contributed by atoms with van der Waals surface area (Å²) in [4.78, 5) is 23.4. The van der Waals surface area contributed by atoms with Crippen molar-refractivity contribution in [2.24, 2.45) is 0 Å². The molecule has 1 heterocycles. The Balaban J connectivity index is 1.61. The summed E-state index contributed by atoms with van der Waals surface area (Å²) in [6, 6.07) is 10.5. The van der Waals surface area contributed by atoms with Crippen molar-refractivity contribution in [1.82, 2.24) is 15.1 Å². The second-order valence-corrected chi connectivity index (χ2v) is 5.17. The van der Waals surface area contributed by atoms with E-state index in [-0.39, 0.29) is 13.0 Å². The molecule has 114 valence electrons. The zero-order valence-corrected chi connectivity index (χ0v) is 11.7. The lowest BCUT2D eigenvalue weighted by atomic mass is 10.2. The summed E-state index contributed by atoms with van der Waals surface area (Å²) in [5.74, 6) is -1.09. The smallest absolute Gasteiger partial charge is 0.408 e. The number of rotatable bonds is 5. The molecule has 0 aliphatic heterocycles. The number of hydrogen-bond donors (Lipinski definition) is 2. The number of ether oxygens (including phenoxy) is 1. The van der Waals surface area contributed by atoms with Crippen LogP contribution in [-0.2, 0) is 16.1 Å². The third kappa shape index (κ3) is 2.65. The van der Waals surface area contributed by atoms with Gasteiger partial charge in [0, 0.05) is 18.8 Å². The molecule has 7 heteroatoms. The molecule has 0 radical (unpaired) electrons. The average molecular weight is 301 g/mol. The van der Waals surface area contributed by atoms with Crippen molar-refractivity contribution in [1.29, 1.82) is 0 Å². The van der Waals surface area contributed by atoms with Crippen LogP contribution in [0, 0.1) is 0 Å². The molecule has 1 fully saturated rings. The summed E-state index contributed by atoms with van der Waals surface area (Å²) in [6.07, 6.45) is 2.77. The molecule has 2 atom stereocenters. The average Bonchev–Trinajstić information content (AvgIpc) is 2.99. The second kappa shape index (κ2) is 5.51. The molecule has 2 unspecified atom stereocenters. The van der Waals surface area contributed by atoms with E-state index in [0.29, 0.717) is 0 Å². The minimum atomic E-state index is -1.35. The van der Waals surface area contributed by atoms with E-state index in [1.165, 1.54) is 4.68 Å². The van der Waals surface area contributed by atoms with Crippen LogP contribution in [0.4, 0.5) is 4.79 Å². The first-order valence-electron chi connectivity index (χ1n) is 6.83. The number of aromatic nitrogens is 2. The number of alkyl carbamates (subject to hydrolysis) is 1. The summed E-state index contributed by atoms with van der Waals surface area (Å²) >= 11 is 0. The summed E-state index contributed by atoms with van der Waals surface area (Å²) in [6.45, 7) is 0.0921. The van der Waals surface area contributed by atoms with E-state index in [1.807, 2.05) is 30.3 Å². The number of aliphatic carboxylic acids is 1. The van der Waals surface area contributed by atoms with Crippen LogP contribution in [0.3, 0.4) is 0 Å². The highest BCUT2D eigenvalue weighted by molar-refractivity contribution is 5.88. The first kappa shape index (κ1) is 14.1. The fourth-order valence-corrected chi connectivity index (χ4v) is 2.39. The Morgan fingerprint density at radius 3 is 2.77 bits per heavy atom. The standard InChI is InChI=1S/C15H15N3O4/c19-13(20)15(9-12(15)18-8-4-7-16-18)17-14(21)22-10-11-5-2-1-3-6-11/h1-8,12H,9-10H2,(H,17,21)(H,19,20). The number of carboxylic acids is 1. The van der Waals surface area contributed by atoms with Crippen LogP contribution >= 0.6 is 0 Å². The fraction of sp³-hybridized carbons (Fsp3) is 0.267. The van der Waals surface area contributed by atoms with Gasteiger partial charge in [-0.1, -0.05) is 30.3 Å². The van der Waals surface area contributed by atoms with E-state index in [1.54, 1.807) is 18.5 Å². The minimum absolute atomic E-state index is 0.0921. The molecule has 3 rings (SSSR count). The topological polar surface area (TPSA) is 93.5 Å². The fourth-order valence-electron chi connectivity index (χ4n) is 2.39. The van der Waals surface area contributed by atoms with Crippen molar-refractivity contribution in [3.05, 3.63) is 54.4 Å². The molecule has 7 nitrogen and oxygen atoms in total. The highest BCUT2D eigenvalue weighted by atomic mass is 16.5. The molecule has 1 amide bonds. The van der Waals surface area contributed by atoms with Gasteiger partial charge < -0.3 is 15.2 Å². The Morgan fingerprint density at radius 1 is 1.36 bits per heavy atom. The van der Waals surface area contributed by atoms with E-state index >= 15 is 0 Å². The Morgan fingerprint density at radius 2 is 2.14 bits per heavy atom. The van der Waals surface area contributed by atoms with Crippen LogP contribution < -0.4 is 5.32 Å². The van der Waals surface area contributed by atoms with E-state index in [2.05, 4.69) is 10.4 Å². The predicted octanol–water partition coefficient (Wildman–Crippen LogP) is 1.58. The van der Waals surface area contributed by atoms with Crippen molar-refractivity contribution in [3.63, 3.8) is 0 Å². The number of nitrogens with zero attached hydrogens (tertiary/aromatic N) is 2. The highest BCUT2D eigenvalue weighted by Crippen LogP contribution is 2.47. The zero-order valence-electron chi connectivity index (χ0n) is 11.7. The van der Waals surface area contributed by atoms with E-state index in [4.69, 9.17) is 4.74 Å². The second-order valence-electron chi connectivity index (χ2n) is 5.17. The lowest BCUT2D eigenvalue weighted by Gasteiger charge is -2.15. The molecular formula is C15H15N3O4. The van der Waals surface area contributed by atoms with Gasteiger partial charge in [-0.15, -0.1) is 0 Å². The van der Waals surface area contributed by atoms with Crippen LogP contribution in [-0.4, -0.2) is 32.5 Å².